The van der Waals surface area contributed by atoms with E-state index in [9.17, 15) is 13.2 Å². The first-order valence-electron chi connectivity index (χ1n) is 8.30. The number of H-pyrrole nitrogens is 1. The highest BCUT2D eigenvalue weighted by molar-refractivity contribution is 5.90. The minimum atomic E-state index is -4.52. The number of anilines is 1. The molecular weight excluding hydrogens is 345 g/mol. The lowest BCUT2D eigenvalue weighted by molar-refractivity contribution is -0.137. The number of aromatic nitrogens is 4. The van der Waals surface area contributed by atoms with E-state index < -0.39 is 11.7 Å². The average Bonchev–Trinajstić information content (AvgIpc) is 3.27. The highest BCUT2D eigenvalue weighted by Crippen LogP contribution is 2.38. The molecule has 26 heavy (non-hydrogen) atoms. The van der Waals surface area contributed by atoms with E-state index in [4.69, 9.17) is 5.73 Å². The van der Waals surface area contributed by atoms with Gasteiger partial charge in [0.25, 0.3) is 0 Å². The number of rotatable bonds is 3. The third-order valence-electron chi connectivity index (χ3n) is 4.70. The maximum absolute atomic E-state index is 13.5. The summed E-state index contributed by atoms with van der Waals surface area (Å²) in [4.78, 5) is 10.4. The Kier molecular flexibility index (Phi) is 4.03. The van der Waals surface area contributed by atoms with Gasteiger partial charge in [0.2, 0.25) is 0 Å². The summed E-state index contributed by atoms with van der Waals surface area (Å²) in [5, 5.41) is 7.17. The largest absolute Gasteiger partial charge is 0.418 e. The van der Waals surface area contributed by atoms with Gasteiger partial charge in [-0.15, -0.1) is 0 Å². The van der Waals surface area contributed by atoms with E-state index in [2.05, 4.69) is 20.2 Å². The van der Waals surface area contributed by atoms with Crippen LogP contribution < -0.4 is 10.6 Å². The van der Waals surface area contributed by atoms with Gasteiger partial charge in [0.15, 0.2) is 5.65 Å². The van der Waals surface area contributed by atoms with Crippen molar-refractivity contribution in [1.29, 1.82) is 0 Å². The second-order valence-corrected chi connectivity index (χ2v) is 6.37. The Morgan fingerprint density at radius 2 is 2.15 bits per heavy atom. The van der Waals surface area contributed by atoms with Crippen molar-refractivity contribution in [3.63, 3.8) is 0 Å². The molecule has 0 aliphatic carbocycles. The van der Waals surface area contributed by atoms with Gasteiger partial charge in [-0.3, -0.25) is 5.10 Å². The van der Waals surface area contributed by atoms with Crippen molar-refractivity contribution >= 4 is 16.9 Å². The minimum absolute atomic E-state index is 0. The van der Waals surface area contributed by atoms with Crippen molar-refractivity contribution in [2.45, 2.75) is 12.6 Å². The third-order valence-corrected chi connectivity index (χ3v) is 4.70. The first-order valence-corrected chi connectivity index (χ1v) is 8.30. The van der Waals surface area contributed by atoms with Crippen molar-refractivity contribution in [3.05, 3.63) is 36.0 Å². The van der Waals surface area contributed by atoms with Crippen molar-refractivity contribution in [2.24, 2.45) is 11.7 Å². The summed E-state index contributed by atoms with van der Waals surface area (Å²) < 4.78 is 40.6. The zero-order chi connectivity index (χ0) is 18.3. The predicted octanol–water partition coefficient (Wildman–Crippen LogP) is 3.07. The summed E-state index contributed by atoms with van der Waals surface area (Å²) in [5.74, 6) is 0.843. The van der Waals surface area contributed by atoms with Crippen LogP contribution in [0.4, 0.5) is 19.0 Å². The molecule has 3 aromatic heterocycles. The topological polar surface area (TPSA) is 83.7 Å². The van der Waals surface area contributed by atoms with Gasteiger partial charge in [-0.1, -0.05) is 0 Å². The van der Waals surface area contributed by atoms with Gasteiger partial charge in [0, 0.05) is 26.1 Å². The first-order chi connectivity index (χ1) is 12.5. The minimum Gasteiger partial charge on any atom is -0.356 e. The summed E-state index contributed by atoms with van der Waals surface area (Å²) in [5.41, 5.74) is 5.32. The highest BCUT2D eigenvalue weighted by Gasteiger charge is 2.36. The van der Waals surface area contributed by atoms with Crippen LogP contribution in [0.25, 0.3) is 22.4 Å². The number of pyridine rings is 2. The number of halogens is 3. The van der Waals surface area contributed by atoms with Crippen LogP contribution >= 0.6 is 0 Å². The van der Waals surface area contributed by atoms with Crippen LogP contribution in [0.2, 0.25) is 0 Å². The number of hydrogen-bond acceptors (Lipinski definition) is 5. The molecule has 0 saturated carbocycles. The Bertz CT molecular complexity index is 942. The smallest absolute Gasteiger partial charge is 0.356 e. The molecule has 4 rings (SSSR count). The molecule has 0 unspecified atom stereocenters. The van der Waals surface area contributed by atoms with Crippen molar-refractivity contribution in [3.8, 4) is 11.4 Å². The number of nitrogens with zero attached hydrogens (tertiary/aromatic N) is 4. The van der Waals surface area contributed by atoms with E-state index in [0.717, 1.165) is 19.0 Å². The van der Waals surface area contributed by atoms with Gasteiger partial charge in [0.05, 0.1) is 11.3 Å². The summed E-state index contributed by atoms with van der Waals surface area (Å²) in [6.07, 6.45) is -2.07. The van der Waals surface area contributed by atoms with Crippen molar-refractivity contribution < 1.29 is 14.6 Å². The Hall–Kier alpha value is -2.68. The van der Waals surface area contributed by atoms with E-state index in [1.165, 1.54) is 6.07 Å². The summed E-state index contributed by atoms with van der Waals surface area (Å²) in [6, 6.07) is 5.83. The van der Waals surface area contributed by atoms with Gasteiger partial charge in [-0.25, -0.2) is 9.97 Å². The van der Waals surface area contributed by atoms with E-state index >= 15 is 0 Å². The summed E-state index contributed by atoms with van der Waals surface area (Å²) in [7, 11) is 0. The molecule has 0 bridgehead atoms. The molecule has 1 saturated heterocycles. The van der Waals surface area contributed by atoms with Gasteiger partial charge >= 0.3 is 6.18 Å². The summed E-state index contributed by atoms with van der Waals surface area (Å²) in [6.45, 7) is 1.98. The molecule has 0 radical (unpaired) electrons. The maximum Gasteiger partial charge on any atom is 0.418 e. The van der Waals surface area contributed by atoms with Gasteiger partial charge in [-0.05, 0) is 43.1 Å². The fraction of sp³-hybridized carbons (Fsp3) is 0.353. The number of fused-ring (bicyclic) bond motifs is 1. The molecule has 1 aliphatic rings. The van der Waals surface area contributed by atoms with Crippen LogP contribution in [-0.2, 0) is 6.18 Å². The average molecular weight is 364 g/mol. The van der Waals surface area contributed by atoms with Crippen molar-refractivity contribution in [2.75, 3.05) is 24.5 Å². The number of alkyl halides is 3. The van der Waals surface area contributed by atoms with E-state index in [1.807, 2.05) is 4.90 Å². The van der Waals surface area contributed by atoms with Crippen LogP contribution in [0.5, 0.6) is 0 Å². The molecule has 6 nitrogen and oxygen atoms in total. The van der Waals surface area contributed by atoms with Crippen LogP contribution in [-0.4, -0.2) is 39.8 Å². The number of nitrogens with one attached hydrogen (secondary N) is 1. The number of nitrogens with two attached hydrogens (primary N) is 1. The lowest BCUT2D eigenvalue weighted by Crippen LogP contribution is -2.24. The Morgan fingerprint density at radius 3 is 2.88 bits per heavy atom. The maximum atomic E-state index is 13.5. The van der Waals surface area contributed by atoms with Crippen LogP contribution in [0, 0.1) is 5.92 Å². The Morgan fingerprint density at radius 1 is 1.31 bits per heavy atom. The molecule has 4 heterocycles. The fourth-order valence-corrected chi connectivity index (χ4v) is 3.31. The number of hydrogen-bond donors (Lipinski definition) is 2. The molecule has 0 amide bonds. The van der Waals surface area contributed by atoms with Gasteiger partial charge in [-0.2, -0.15) is 18.3 Å². The standard InChI is InChI=1S/C17H17F3N6.H2/c18-17(19,20)12-3-4-13(26-7-5-10(8-21)9-26)23-15(12)14-11-2-1-6-22-16(11)25-24-14;/h1-4,6,10H,5,7-9,21H2,(H,22,24,25);1H/t10-;/m1./s1. The lowest BCUT2D eigenvalue weighted by atomic mass is 10.1. The quantitative estimate of drug-likeness (QED) is 0.746. The van der Waals surface area contributed by atoms with E-state index in [-0.39, 0.29) is 12.8 Å². The van der Waals surface area contributed by atoms with Gasteiger partial charge < -0.3 is 10.6 Å². The molecule has 0 spiro atoms. The van der Waals surface area contributed by atoms with Crippen molar-refractivity contribution in [1.82, 2.24) is 20.2 Å². The van der Waals surface area contributed by atoms with Crippen LogP contribution in [0.3, 0.4) is 0 Å². The van der Waals surface area contributed by atoms with Gasteiger partial charge in [0.1, 0.15) is 11.5 Å². The molecule has 138 valence electrons. The fourth-order valence-electron chi connectivity index (χ4n) is 3.31. The molecule has 3 aromatic rings. The first kappa shape index (κ1) is 16.8. The molecule has 9 heteroatoms. The second-order valence-electron chi connectivity index (χ2n) is 6.37. The second kappa shape index (κ2) is 6.24. The molecule has 3 N–H and O–H groups in total. The number of aromatic amines is 1. The predicted molar refractivity (Wildman–Crippen MR) is 93.6 cm³/mol. The zero-order valence-corrected chi connectivity index (χ0v) is 13.8. The summed E-state index contributed by atoms with van der Waals surface area (Å²) >= 11 is 0. The highest BCUT2D eigenvalue weighted by atomic mass is 19.4. The normalized spacial score (nSPS) is 18.0. The lowest BCUT2D eigenvalue weighted by Gasteiger charge is -2.20. The monoisotopic (exact) mass is 364 g/mol. The Balaban J connectivity index is 0.00000210. The molecule has 0 aromatic carbocycles. The molecule has 1 aliphatic heterocycles. The molecule has 1 atom stereocenters. The van der Waals surface area contributed by atoms with E-state index in [0.29, 0.717) is 35.9 Å². The van der Waals surface area contributed by atoms with Crippen LogP contribution in [0.15, 0.2) is 30.5 Å². The SMILES string of the molecule is NC[C@H]1CCN(c2ccc(C(F)(F)F)c(-c3[nH]nc4ncccc34)n2)C1.[HH]. The van der Waals surface area contributed by atoms with E-state index in [1.54, 1.807) is 18.3 Å². The third kappa shape index (κ3) is 2.88. The zero-order valence-electron chi connectivity index (χ0n) is 13.8. The Labute approximate surface area is 148 Å². The van der Waals surface area contributed by atoms with Crippen LogP contribution in [0.1, 0.15) is 13.4 Å². The molecular formula is C17H19F3N6. The molecule has 1 fully saturated rings.